The smallest absolute Gasteiger partial charge is 0.399 e. The quantitative estimate of drug-likeness (QED) is 0.669. The van der Waals surface area contributed by atoms with Crippen LogP contribution in [0, 0.1) is 0 Å². The maximum atomic E-state index is 13.5. The molecular weight excluding hydrogens is 296 g/mol. The summed E-state index contributed by atoms with van der Waals surface area (Å²) in [5.41, 5.74) is 1.07. The van der Waals surface area contributed by atoms with E-state index < -0.39 is 25.0 Å². The van der Waals surface area contributed by atoms with Gasteiger partial charge < -0.3 is 14.6 Å². The normalized spacial score (nSPS) is 18.7. The molecule has 1 saturated heterocycles. The first-order valence-corrected chi connectivity index (χ1v) is 7.64. The van der Waals surface area contributed by atoms with Crippen LogP contribution in [-0.4, -0.2) is 24.2 Å². The van der Waals surface area contributed by atoms with Crippen molar-refractivity contribution in [1.29, 1.82) is 0 Å². The van der Waals surface area contributed by atoms with Gasteiger partial charge in [0.25, 0.3) is 0 Å². The highest BCUT2D eigenvalue weighted by Gasteiger charge is 2.52. The molecule has 1 N–H and O–H groups in total. The van der Waals surface area contributed by atoms with Gasteiger partial charge in [-0.2, -0.15) is 0 Å². The summed E-state index contributed by atoms with van der Waals surface area (Å²) < 4.78 is 25.4. The molecule has 124 valence electrons. The minimum atomic E-state index is -0.622. The highest BCUT2D eigenvalue weighted by atomic mass is 19.1. The van der Waals surface area contributed by atoms with Crippen molar-refractivity contribution in [2.24, 2.45) is 0 Å². The summed E-state index contributed by atoms with van der Waals surface area (Å²) in [6.45, 7) is 10.9. The largest absolute Gasteiger partial charge is 0.495 e. The van der Waals surface area contributed by atoms with Gasteiger partial charge in [-0.3, -0.25) is 4.79 Å². The Morgan fingerprint density at radius 2 is 1.91 bits per heavy atom. The van der Waals surface area contributed by atoms with Crippen LogP contribution in [0.15, 0.2) is 30.9 Å². The first kappa shape index (κ1) is 17.7. The zero-order valence-corrected chi connectivity index (χ0v) is 14.1. The number of hydrogen-bond donors (Lipinski definition) is 1. The lowest BCUT2D eigenvalue weighted by Gasteiger charge is -2.32. The van der Waals surface area contributed by atoms with Crippen molar-refractivity contribution < 1.29 is 18.5 Å². The monoisotopic (exact) mass is 319 g/mol. The number of benzene rings is 1. The average molecular weight is 319 g/mol. The Hall–Kier alpha value is -1.66. The molecule has 2 rings (SSSR count). The molecule has 1 aromatic carbocycles. The molecular formula is C17H23BFNO3. The molecule has 0 aliphatic carbocycles. The van der Waals surface area contributed by atoms with E-state index >= 15 is 0 Å². The molecule has 0 spiro atoms. The zero-order chi connectivity index (χ0) is 17.3. The number of carbonyl (C=O) groups excluding carboxylic acids is 1. The Labute approximate surface area is 137 Å². The van der Waals surface area contributed by atoms with E-state index in [9.17, 15) is 9.18 Å². The Morgan fingerprint density at radius 3 is 2.43 bits per heavy atom. The van der Waals surface area contributed by atoms with Crippen LogP contribution < -0.4 is 10.8 Å². The summed E-state index contributed by atoms with van der Waals surface area (Å²) in [5.74, 6) is -0.262. The number of amides is 1. The second kappa shape index (κ2) is 6.45. The molecule has 1 amide bonds. The van der Waals surface area contributed by atoms with Crippen molar-refractivity contribution in [3.63, 3.8) is 0 Å². The van der Waals surface area contributed by atoms with Gasteiger partial charge in [-0.15, -0.1) is 0 Å². The molecule has 6 heteroatoms. The Bertz CT molecular complexity index is 600. The van der Waals surface area contributed by atoms with Crippen LogP contribution >= 0.6 is 0 Å². The number of rotatable bonds is 5. The predicted octanol–water partition coefficient (Wildman–Crippen LogP) is 2.26. The van der Waals surface area contributed by atoms with Gasteiger partial charge in [0.1, 0.15) is 6.67 Å². The van der Waals surface area contributed by atoms with Gasteiger partial charge in [-0.25, -0.2) is 4.39 Å². The molecule has 0 atom stereocenters. The van der Waals surface area contributed by atoms with Crippen LogP contribution in [0.25, 0.3) is 0 Å². The van der Waals surface area contributed by atoms with E-state index in [2.05, 4.69) is 11.9 Å². The van der Waals surface area contributed by atoms with Crippen molar-refractivity contribution >= 4 is 18.5 Å². The highest BCUT2D eigenvalue weighted by Crippen LogP contribution is 2.36. The van der Waals surface area contributed by atoms with Crippen LogP contribution in [0.5, 0.6) is 0 Å². The fraction of sp³-hybridized carbons (Fsp3) is 0.471. The van der Waals surface area contributed by atoms with Crippen LogP contribution in [0.4, 0.5) is 4.39 Å². The summed E-state index contributed by atoms with van der Waals surface area (Å²) in [4.78, 5) is 11.2. The van der Waals surface area contributed by atoms with Gasteiger partial charge in [0.2, 0.25) is 5.91 Å². The van der Waals surface area contributed by atoms with Crippen molar-refractivity contribution in [2.75, 3.05) is 0 Å². The number of alkyl halides is 1. The summed E-state index contributed by atoms with van der Waals surface area (Å²) in [6, 6.07) is 5.36. The third-order valence-corrected chi connectivity index (χ3v) is 4.51. The fourth-order valence-electron chi connectivity index (χ4n) is 2.35. The molecule has 0 saturated carbocycles. The molecule has 1 fully saturated rings. The third-order valence-electron chi connectivity index (χ3n) is 4.51. The van der Waals surface area contributed by atoms with Crippen molar-refractivity contribution in [3.8, 4) is 0 Å². The third kappa shape index (κ3) is 3.64. The molecule has 4 nitrogen and oxygen atoms in total. The Kier molecular flexibility index (Phi) is 4.97. The summed E-state index contributed by atoms with van der Waals surface area (Å²) in [5, 5.41) is 2.67. The minimum absolute atomic E-state index is 0.262. The second-order valence-corrected chi connectivity index (χ2v) is 6.68. The van der Waals surface area contributed by atoms with E-state index in [0.29, 0.717) is 17.6 Å². The molecule has 0 unspecified atom stereocenters. The van der Waals surface area contributed by atoms with Crippen molar-refractivity contribution in [3.05, 3.63) is 42.0 Å². The van der Waals surface area contributed by atoms with E-state index in [0.717, 1.165) is 5.56 Å². The highest BCUT2D eigenvalue weighted by molar-refractivity contribution is 6.62. The number of carbonyl (C=O) groups is 1. The lowest BCUT2D eigenvalue weighted by atomic mass is 9.75. The Morgan fingerprint density at radius 1 is 1.30 bits per heavy atom. The lowest BCUT2D eigenvalue weighted by Crippen LogP contribution is -2.41. The molecule has 1 aliphatic rings. The molecule has 0 aromatic heterocycles. The van der Waals surface area contributed by atoms with Crippen LogP contribution in [0.1, 0.15) is 38.8 Å². The van der Waals surface area contributed by atoms with E-state index in [1.807, 2.05) is 33.8 Å². The maximum absolute atomic E-state index is 13.5. The van der Waals surface area contributed by atoms with Gasteiger partial charge in [0.05, 0.1) is 11.2 Å². The number of halogens is 1. The lowest BCUT2D eigenvalue weighted by molar-refractivity contribution is -0.116. The number of hydrogen-bond acceptors (Lipinski definition) is 3. The minimum Gasteiger partial charge on any atom is -0.399 e. The maximum Gasteiger partial charge on any atom is 0.495 e. The second-order valence-electron chi connectivity index (χ2n) is 6.68. The number of nitrogens with one attached hydrogen (secondary N) is 1. The van der Waals surface area contributed by atoms with E-state index in [1.165, 1.54) is 6.08 Å². The van der Waals surface area contributed by atoms with Crippen LogP contribution in [0.2, 0.25) is 0 Å². The first-order valence-electron chi connectivity index (χ1n) is 7.64. The summed E-state index contributed by atoms with van der Waals surface area (Å²) >= 11 is 0. The molecule has 1 aromatic rings. The SMILES string of the molecule is C=CC(=O)NCc1ccc(B2OC(C)(C)C(C)(C)O2)c(CF)c1. The van der Waals surface area contributed by atoms with Gasteiger partial charge in [0.15, 0.2) is 0 Å². The standard InChI is InChI=1S/C17H23BFNO3/c1-6-15(21)20-11-12-7-8-14(13(9-12)10-19)18-22-16(2,3)17(4,5)23-18/h6-9H,1,10-11H2,2-5H3,(H,20,21). The Balaban J connectivity index is 2.21. The molecule has 0 bridgehead atoms. The fourth-order valence-corrected chi connectivity index (χ4v) is 2.35. The van der Waals surface area contributed by atoms with E-state index in [1.54, 1.807) is 12.1 Å². The van der Waals surface area contributed by atoms with Crippen LogP contribution in [-0.2, 0) is 27.3 Å². The van der Waals surface area contributed by atoms with Crippen molar-refractivity contribution in [1.82, 2.24) is 5.32 Å². The van der Waals surface area contributed by atoms with Gasteiger partial charge in [-0.1, -0.05) is 24.8 Å². The van der Waals surface area contributed by atoms with Crippen molar-refractivity contribution in [2.45, 2.75) is 52.1 Å². The van der Waals surface area contributed by atoms with Crippen LogP contribution in [0.3, 0.4) is 0 Å². The average Bonchev–Trinajstić information content (AvgIpc) is 2.72. The summed E-state index contributed by atoms with van der Waals surface area (Å²) in [7, 11) is -0.595. The topological polar surface area (TPSA) is 47.6 Å². The first-order chi connectivity index (χ1) is 10.7. The molecule has 23 heavy (non-hydrogen) atoms. The van der Waals surface area contributed by atoms with E-state index in [-0.39, 0.29) is 5.91 Å². The summed E-state index contributed by atoms with van der Waals surface area (Å²) in [6.07, 6.45) is 1.20. The zero-order valence-electron chi connectivity index (χ0n) is 14.1. The van der Waals surface area contributed by atoms with Gasteiger partial charge >= 0.3 is 7.12 Å². The van der Waals surface area contributed by atoms with Gasteiger partial charge in [0, 0.05) is 6.54 Å². The molecule has 1 aliphatic heterocycles. The van der Waals surface area contributed by atoms with Gasteiger partial charge in [-0.05, 0) is 50.4 Å². The van der Waals surface area contributed by atoms with E-state index in [4.69, 9.17) is 9.31 Å². The predicted molar refractivity (Wildman–Crippen MR) is 89.0 cm³/mol. The molecule has 0 radical (unpaired) electrons. The molecule has 1 heterocycles.